The van der Waals surface area contributed by atoms with E-state index in [-0.39, 0.29) is 5.91 Å². The Bertz CT molecular complexity index is 213. The summed E-state index contributed by atoms with van der Waals surface area (Å²) in [5.74, 6) is 1.23. The van der Waals surface area contributed by atoms with Crippen LogP contribution in [0.15, 0.2) is 0 Å². The van der Waals surface area contributed by atoms with Gasteiger partial charge in [0.1, 0.15) is 0 Å². The van der Waals surface area contributed by atoms with E-state index in [0.29, 0.717) is 17.9 Å². The maximum absolute atomic E-state index is 11.4. The monoisotopic (exact) mass is 196 g/mol. The summed E-state index contributed by atoms with van der Waals surface area (Å²) >= 11 is 0. The summed E-state index contributed by atoms with van der Waals surface area (Å²) in [7, 11) is 0. The highest BCUT2D eigenvalue weighted by Crippen LogP contribution is 2.29. The van der Waals surface area contributed by atoms with Crippen molar-refractivity contribution < 1.29 is 4.79 Å². The van der Waals surface area contributed by atoms with E-state index in [2.05, 4.69) is 5.32 Å². The molecule has 0 aromatic carbocycles. The first-order valence-corrected chi connectivity index (χ1v) is 5.79. The average Bonchev–Trinajstić information content (AvgIpc) is 2.97. The number of carbonyl (C=O) groups excluding carboxylic acids is 1. The van der Waals surface area contributed by atoms with Gasteiger partial charge in [-0.25, -0.2) is 0 Å². The zero-order valence-corrected chi connectivity index (χ0v) is 8.67. The lowest BCUT2D eigenvalue weighted by Crippen LogP contribution is -2.36. The predicted molar refractivity (Wildman–Crippen MR) is 55.7 cm³/mol. The topological polar surface area (TPSA) is 55.1 Å². The molecule has 3 nitrogen and oxygen atoms in total. The number of amides is 1. The molecule has 0 spiro atoms. The lowest BCUT2D eigenvalue weighted by molar-refractivity contribution is -0.122. The van der Waals surface area contributed by atoms with Crippen molar-refractivity contribution in [3.63, 3.8) is 0 Å². The zero-order chi connectivity index (χ0) is 9.97. The summed E-state index contributed by atoms with van der Waals surface area (Å²) in [4.78, 5) is 11.4. The second-order valence-corrected chi connectivity index (χ2v) is 4.81. The van der Waals surface area contributed by atoms with Crippen molar-refractivity contribution in [1.29, 1.82) is 0 Å². The van der Waals surface area contributed by atoms with Crippen LogP contribution in [0, 0.1) is 11.8 Å². The molecule has 80 valence electrons. The third kappa shape index (κ3) is 2.71. The van der Waals surface area contributed by atoms with Crippen molar-refractivity contribution >= 4 is 5.91 Å². The highest BCUT2D eigenvalue weighted by molar-refractivity contribution is 5.80. The van der Waals surface area contributed by atoms with E-state index >= 15 is 0 Å². The fourth-order valence-electron chi connectivity index (χ4n) is 2.25. The van der Waals surface area contributed by atoms with E-state index < -0.39 is 0 Å². The van der Waals surface area contributed by atoms with Gasteiger partial charge in [-0.05, 0) is 38.0 Å². The Morgan fingerprint density at radius 2 is 2.07 bits per heavy atom. The van der Waals surface area contributed by atoms with Gasteiger partial charge in [0.25, 0.3) is 0 Å². The molecule has 0 bridgehead atoms. The quantitative estimate of drug-likeness (QED) is 0.708. The average molecular weight is 196 g/mol. The van der Waals surface area contributed by atoms with Gasteiger partial charge in [0, 0.05) is 18.5 Å². The standard InChI is InChI=1S/C11H20N2O/c12-10-3-1-2-8(6-10)7-13-11(14)9-4-5-9/h8-10H,1-7,12H2,(H,13,14). The molecule has 0 radical (unpaired) electrons. The van der Waals surface area contributed by atoms with Crippen LogP contribution >= 0.6 is 0 Å². The second kappa shape index (κ2) is 4.30. The maximum Gasteiger partial charge on any atom is 0.223 e. The number of rotatable bonds is 3. The summed E-state index contributed by atoms with van der Waals surface area (Å²) < 4.78 is 0. The van der Waals surface area contributed by atoms with Crippen LogP contribution in [0.3, 0.4) is 0 Å². The van der Waals surface area contributed by atoms with E-state index in [4.69, 9.17) is 5.73 Å². The van der Waals surface area contributed by atoms with E-state index in [1.807, 2.05) is 0 Å². The van der Waals surface area contributed by atoms with Crippen molar-refractivity contribution in [1.82, 2.24) is 5.32 Å². The largest absolute Gasteiger partial charge is 0.356 e. The van der Waals surface area contributed by atoms with Crippen LogP contribution in [-0.4, -0.2) is 18.5 Å². The van der Waals surface area contributed by atoms with Crippen LogP contribution in [0.25, 0.3) is 0 Å². The fourth-order valence-corrected chi connectivity index (χ4v) is 2.25. The van der Waals surface area contributed by atoms with Crippen LogP contribution in [0.1, 0.15) is 38.5 Å². The number of hydrogen-bond acceptors (Lipinski definition) is 2. The van der Waals surface area contributed by atoms with Gasteiger partial charge in [-0.1, -0.05) is 6.42 Å². The molecular formula is C11H20N2O. The lowest BCUT2D eigenvalue weighted by Gasteiger charge is -2.26. The highest BCUT2D eigenvalue weighted by atomic mass is 16.2. The molecule has 14 heavy (non-hydrogen) atoms. The fraction of sp³-hybridized carbons (Fsp3) is 0.909. The Kier molecular flexibility index (Phi) is 3.06. The molecule has 0 heterocycles. The maximum atomic E-state index is 11.4. The zero-order valence-electron chi connectivity index (χ0n) is 8.67. The summed E-state index contributed by atoms with van der Waals surface area (Å²) in [6, 6.07) is 0.367. The number of carbonyl (C=O) groups is 1. The van der Waals surface area contributed by atoms with Crippen molar-refractivity contribution in [3.8, 4) is 0 Å². The van der Waals surface area contributed by atoms with Gasteiger partial charge in [-0.15, -0.1) is 0 Å². The highest BCUT2D eigenvalue weighted by Gasteiger charge is 2.30. The second-order valence-electron chi connectivity index (χ2n) is 4.81. The molecule has 2 unspecified atom stereocenters. The molecule has 2 atom stereocenters. The van der Waals surface area contributed by atoms with Gasteiger partial charge in [0.05, 0.1) is 0 Å². The van der Waals surface area contributed by atoms with Crippen molar-refractivity contribution in [3.05, 3.63) is 0 Å². The summed E-state index contributed by atoms with van der Waals surface area (Å²) in [6.45, 7) is 0.850. The van der Waals surface area contributed by atoms with Crippen molar-refractivity contribution in [2.75, 3.05) is 6.54 Å². The van der Waals surface area contributed by atoms with E-state index in [9.17, 15) is 4.79 Å². The van der Waals surface area contributed by atoms with Gasteiger partial charge in [-0.2, -0.15) is 0 Å². The van der Waals surface area contributed by atoms with Gasteiger partial charge >= 0.3 is 0 Å². The normalized spacial score (nSPS) is 32.6. The lowest BCUT2D eigenvalue weighted by atomic mass is 9.86. The van der Waals surface area contributed by atoms with Crippen LogP contribution < -0.4 is 11.1 Å². The summed E-state index contributed by atoms with van der Waals surface area (Å²) in [5, 5.41) is 3.04. The Morgan fingerprint density at radius 3 is 2.71 bits per heavy atom. The minimum absolute atomic E-state index is 0.268. The van der Waals surface area contributed by atoms with Crippen molar-refractivity contribution in [2.45, 2.75) is 44.6 Å². The Balaban J connectivity index is 1.66. The molecule has 3 heteroatoms. The first-order chi connectivity index (χ1) is 6.75. The first kappa shape index (κ1) is 9.97. The van der Waals surface area contributed by atoms with Crippen molar-refractivity contribution in [2.24, 2.45) is 17.6 Å². The van der Waals surface area contributed by atoms with Crippen LogP contribution in [0.5, 0.6) is 0 Å². The Hall–Kier alpha value is -0.570. The Labute approximate surface area is 85.4 Å². The van der Waals surface area contributed by atoms with Crippen LogP contribution in [0.2, 0.25) is 0 Å². The molecule has 1 amide bonds. The van der Waals surface area contributed by atoms with Gasteiger partial charge in [-0.3, -0.25) is 4.79 Å². The molecule has 2 fully saturated rings. The molecule has 2 aliphatic rings. The van der Waals surface area contributed by atoms with Crippen LogP contribution in [-0.2, 0) is 4.79 Å². The number of nitrogens with two attached hydrogens (primary N) is 1. The molecule has 2 saturated carbocycles. The molecule has 0 aromatic rings. The smallest absolute Gasteiger partial charge is 0.223 e. The molecule has 0 aromatic heterocycles. The SMILES string of the molecule is NC1CCCC(CNC(=O)C2CC2)C1. The molecule has 2 aliphatic carbocycles. The van der Waals surface area contributed by atoms with Gasteiger partial charge in [0.15, 0.2) is 0 Å². The summed E-state index contributed by atoms with van der Waals surface area (Å²) in [6.07, 6.45) is 6.90. The number of hydrogen-bond donors (Lipinski definition) is 2. The Morgan fingerprint density at radius 1 is 1.29 bits per heavy atom. The molecule has 2 rings (SSSR count). The van der Waals surface area contributed by atoms with E-state index in [1.165, 1.54) is 12.8 Å². The molecule has 0 aliphatic heterocycles. The molecule has 3 N–H and O–H groups in total. The summed E-state index contributed by atoms with van der Waals surface area (Å²) in [5.41, 5.74) is 5.89. The van der Waals surface area contributed by atoms with Gasteiger partial charge in [0.2, 0.25) is 5.91 Å². The third-order valence-electron chi connectivity index (χ3n) is 3.34. The van der Waals surface area contributed by atoms with Crippen LogP contribution in [0.4, 0.5) is 0 Å². The minimum atomic E-state index is 0.268. The molecule has 0 saturated heterocycles. The van der Waals surface area contributed by atoms with E-state index in [0.717, 1.165) is 32.2 Å². The first-order valence-electron chi connectivity index (χ1n) is 5.79. The predicted octanol–water partition coefficient (Wildman–Crippen LogP) is 1.03. The minimum Gasteiger partial charge on any atom is -0.356 e. The van der Waals surface area contributed by atoms with E-state index in [1.54, 1.807) is 0 Å². The molecular weight excluding hydrogens is 176 g/mol. The van der Waals surface area contributed by atoms with Gasteiger partial charge < -0.3 is 11.1 Å². The number of nitrogens with one attached hydrogen (secondary N) is 1. The third-order valence-corrected chi connectivity index (χ3v) is 3.34.